The Labute approximate surface area is 90.9 Å². The minimum absolute atomic E-state index is 0.0553. The Morgan fingerprint density at radius 1 is 1.33 bits per heavy atom. The summed E-state index contributed by atoms with van der Waals surface area (Å²) in [7, 11) is 0. The molecule has 2 unspecified atom stereocenters. The van der Waals surface area contributed by atoms with Gasteiger partial charge in [-0.1, -0.05) is 0 Å². The van der Waals surface area contributed by atoms with Crippen LogP contribution in [0.25, 0.3) is 0 Å². The van der Waals surface area contributed by atoms with Crippen molar-refractivity contribution in [1.29, 1.82) is 0 Å². The highest BCUT2D eigenvalue weighted by Gasteiger charge is 2.31. The molecule has 0 aromatic carbocycles. The molecule has 0 aliphatic carbocycles. The van der Waals surface area contributed by atoms with Crippen LogP contribution in [0.5, 0.6) is 0 Å². The predicted octanol–water partition coefficient (Wildman–Crippen LogP) is 0.0639. The number of carbonyl (C=O) groups is 1. The SMILES string of the molecule is CC(C(=O)N1CCCC1)N1CCC(O)C1. The van der Waals surface area contributed by atoms with Crippen LogP contribution in [0.4, 0.5) is 0 Å². The van der Waals surface area contributed by atoms with Crippen molar-refractivity contribution >= 4 is 5.91 Å². The van der Waals surface area contributed by atoms with Crippen LogP contribution in [0, 0.1) is 0 Å². The van der Waals surface area contributed by atoms with E-state index in [4.69, 9.17) is 0 Å². The molecule has 0 spiro atoms. The lowest BCUT2D eigenvalue weighted by atomic mass is 10.2. The maximum atomic E-state index is 12.0. The van der Waals surface area contributed by atoms with Crippen LogP contribution in [0.3, 0.4) is 0 Å². The van der Waals surface area contributed by atoms with Crippen molar-refractivity contribution < 1.29 is 9.90 Å². The van der Waals surface area contributed by atoms with Gasteiger partial charge in [0.1, 0.15) is 0 Å². The van der Waals surface area contributed by atoms with E-state index in [2.05, 4.69) is 4.90 Å². The first-order valence-corrected chi connectivity index (χ1v) is 5.89. The summed E-state index contributed by atoms with van der Waals surface area (Å²) in [5, 5.41) is 9.43. The molecule has 2 saturated heterocycles. The van der Waals surface area contributed by atoms with Gasteiger partial charge in [0.25, 0.3) is 0 Å². The number of nitrogens with zero attached hydrogens (tertiary/aromatic N) is 2. The molecule has 4 heteroatoms. The van der Waals surface area contributed by atoms with E-state index in [-0.39, 0.29) is 18.1 Å². The highest BCUT2D eigenvalue weighted by Crippen LogP contribution is 2.16. The molecule has 86 valence electrons. The van der Waals surface area contributed by atoms with Gasteiger partial charge in [-0.3, -0.25) is 9.69 Å². The number of likely N-dealkylation sites (tertiary alicyclic amines) is 2. The number of hydrogen-bond donors (Lipinski definition) is 1. The minimum Gasteiger partial charge on any atom is -0.392 e. The van der Waals surface area contributed by atoms with Gasteiger partial charge in [-0.15, -0.1) is 0 Å². The molecule has 4 nitrogen and oxygen atoms in total. The van der Waals surface area contributed by atoms with E-state index in [1.807, 2.05) is 11.8 Å². The van der Waals surface area contributed by atoms with E-state index in [1.165, 1.54) is 0 Å². The number of aliphatic hydroxyl groups excluding tert-OH is 1. The third kappa shape index (κ3) is 2.32. The van der Waals surface area contributed by atoms with E-state index in [0.29, 0.717) is 6.54 Å². The van der Waals surface area contributed by atoms with Gasteiger partial charge in [-0.05, 0) is 26.2 Å². The summed E-state index contributed by atoms with van der Waals surface area (Å²) >= 11 is 0. The van der Waals surface area contributed by atoms with Gasteiger partial charge in [-0.2, -0.15) is 0 Å². The maximum absolute atomic E-state index is 12.0. The molecule has 0 bridgehead atoms. The molecule has 0 radical (unpaired) electrons. The summed E-state index contributed by atoms with van der Waals surface area (Å²) in [6, 6.07) is -0.0553. The molecule has 0 saturated carbocycles. The van der Waals surface area contributed by atoms with Crippen molar-refractivity contribution in [3.8, 4) is 0 Å². The molecule has 2 aliphatic heterocycles. The summed E-state index contributed by atoms with van der Waals surface area (Å²) in [4.78, 5) is 16.1. The smallest absolute Gasteiger partial charge is 0.239 e. The van der Waals surface area contributed by atoms with Crippen molar-refractivity contribution in [3.63, 3.8) is 0 Å². The number of rotatable bonds is 2. The molecule has 2 atom stereocenters. The van der Waals surface area contributed by atoms with Gasteiger partial charge >= 0.3 is 0 Å². The second kappa shape index (κ2) is 4.49. The first kappa shape index (κ1) is 10.9. The second-order valence-electron chi connectivity index (χ2n) is 4.65. The normalized spacial score (nSPS) is 29.7. The number of amides is 1. The third-order valence-electron chi connectivity index (χ3n) is 3.52. The van der Waals surface area contributed by atoms with Crippen molar-refractivity contribution in [2.75, 3.05) is 26.2 Å². The van der Waals surface area contributed by atoms with Crippen molar-refractivity contribution in [1.82, 2.24) is 9.80 Å². The van der Waals surface area contributed by atoms with E-state index >= 15 is 0 Å². The van der Waals surface area contributed by atoms with Gasteiger partial charge < -0.3 is 10.0 Å². The van der Waals surface area contributed by atoms with Crippen molar-refractivity contribution in [3.05, 3.63) is 0 Å². The summed E-state index contributed by atoms with van der Waals surface area (Å²) in [5.74, 6) is 0.238. The minimum atomic E-state index is -0.237. The lowest BCUT2D eigenvalue weighted by Crippen LogP contribution is -2.45. The van der Waals surface area contributed by atoms with Crippen molar-refractivity contribution in [2.45, 2.75) is 38.3 Å². The first-order chi connectivity index (χ1) is 7.18. The fourth-order valence-electron chi connectivity index (χ4n) is 2.48. The molecular weight excluding hydrogens is 192 g/mol. The molecule has 2 rings (SSSR count). The molecule has 2 fully saturated rings. The zero-order valence-electron chi connectivity index (χ0n) is 9.35. The van der Waals surface area contributed by atoms with Crippen LogP contribution in [0.15, 0.2) is 0 Å². The first-order valence-electron chi connectivity index (χ1n) is 5.89. The highest BCUT2D eigenvalue weighted by molar-refractivity contribution is 5.81. The molecule has 1 N–H and O–H groups in total. The molecule has 0 aromatic heterocycles. The van der Waals surface area contributed by atoms with E-state index < -0.39 is 0 Å². The number of β-amino-alcohol motifs (C(OH)–C–C–N with tert-alkyl or cyclic N) is 1. The molecule has 1 amide bonds. The summed E-state index contributed by atoms with van der Waals surface area (Å²) in [5.41, 5.74) is 0. The predicted molar refractivity (Wildman–Crippen MR) is 57.5 cm³/mol. The van der Waals surface area contributed by atoms with E-state index in [1.54, 1.807) is 0 Å². The maximum Gasteiger partial charge on any atom is 0.239 e. The third-order valence-corrected chi connectivity index (χ3v) is 3.52. The average molecular weight is 212 g/mol. The Bertz CT molecular complexity index is 239. The van der Waals surface area contributed by atoms with Crippen molar-refractivity contribution in [2.24, 2.45) is 0 Å². The zero-order chi connectivity index (χ0) is 10.8. The monoisotopic (exact) mass is 212 g/mol. The summed E-state index contributed by atoms with van der Waals surface area (Å²) in [6.07, 6.45) is 2.85. The molecule has 15 heavy (non-hydrogen) atoms. The fourth-order valence-corrected chi connectivity index (χ4v) is 2.48. The largest absolute Gasteiger partial charge is 0.392 e. The topological polar surface area (TPSA) is 43.8 Å². The van der Waals surface area contributed by atoms with Crippen LogP contribution in [0.2, 0.25) is 0 Å². The van der Waals surface area contributed by atoms with Crippen LogP contribution in [0.1, 0.15) is 26.2 Å². The number of aliphatic hydroxyl groups is 1. The Hall–Kier alpha value is -0.610. The Balaban J connectivity index is 1.89. The molecule has 0 aromatic rings. The second-order valence-corrected chi connectivity index (χ2v) is 4.65. The Morgan fingerprint density at radius 2 is 2.00 bits per heavy atom. The summed E-state index contributed by atoms with van der Waals surface area (Å²) < 4.78 is 0. The standard InChI is InChI=1S/C11H20N2O2/c1-9(13-7-4-10(14)8-13)11(15)12-5-2-3-6-12/h9-10,14H,2-8H2,1H3. The van der Waals surface area contributed by atoms with Crippen LogP contribution in [-0.2, 0) is 4.79 Å². The van der Waals surface area contributed by atoms with Gasteiger partial charge in [0.2, 0.25) is 5.91 Å². The van der Waals surface area contributed by atoms with Gasteiger partial charge in [-0.25, -0.2) is 0 Å². The van der Waals surface area contributed by atoms with Gasteiger partial charge in [0, 0.05) is 26.2 Å². The quantitative estimate of drug-likeness (QED) is 0.704. The highest BCUT2D eigenvalue weighted by atomic mass is 16.3. The Kier molecular flexibility index (Phi) is 3.26. The Morgan fingerprint density at radius 3 is 2.53 bits per heavy atom. The molecule has 2 aliphatic rings. The number of carbonyl (C=O) groups excluding carboxylic acids is 1. The number of hydrogen-bond acceptors (Lipinski definition) is 3. The zero-order valence-corrected chi connectivity index (χ0v) is 9.35. The van der Waals surface area contributed by atoms with E-state index in [9.17, 15) is 9.90 Å². The van der Waals surface area contributed by atoms with E-state index in [0.717, 1.165) is 38.9 Å². The van der Waals surface area contributed by atoms with Crippen LogP contribution < -0.4 is 0 Å². The fraction of sp³-hybridized carbons (Fsp3) is 0.909. The average Bonchev–Trinajstić information content (AvgIpc) is 2.85. The lowest BCUT2D eigenvalue weighted by Gasteiger charge is -2.27. The molecular formula is C11H20N2O2. The van der Waals surface area contributed by atoms with Gasteiger partial charge in [0.05, 0.1) is 12.1 Å². The van der Waals surface area contributed by atoms with Crippen LogP contribution in [-0.4, -0.2) is 59.1 Å². The lowest BCUT2D eigenvalue weighted by molar-refractivity contribution is -0.135. The van der Waals surface area contributed by atoms with Crippen LogP contribution >= 0.6 is 0 Å². The molecule has 2 heterocycles. The van der Waals surface area contributed by atoms with Gasteiger partial charge in [0.15, 0.2) is 0 Å². The summed E-state index contributed by atoms with van der Waals surface area (Å²) in [6.45, 7) is 5.29.